The van der Waals surface area contributed by atoms with Gasteiger partial charge in [-0.15, -0.1) is 11.3 Å². The molecule has 1 unspecified atom stereocenters. The lowest BCUT2D eigenvalue weighted by molar-refractivity contribution is 0.103. The lowest BCUT2D eigenvalue weighted by Crippen LogP contribution is -2.35. The molecule has 1 fully saturated rings. The van der Waals surface area contributed by atoms with Gasteiger partial charge in [0.1, 0.15) is 0 Å². The fraction of sp³-hybridized carbons (Fsp3) is 0.294. The number of urea groups is 1. The molecule has 1 aromatic carbocycles. The number of anilines is 2. The van der Waals surface area contributed by atoms with Crippen LogP contribution < -0.4 is 16.0 Å². The number of hydrogen-bond acceptors (Lipinski definition) is 4. The van der Waals surface area contributed by atoms with Crippen molar-refractivity contribution in [3.05, 3.63) is 46.7 Å². The maximum atomic E-state index is 12.0. The molecule has 0 aliphatic carbocycles. The first-order valence-electron chi connectivity index (χ1n) is 7.82. The summed E-state index contributed by atoms with van der Waals surface area (Å²) in [6.45, 7) is 1.29. The summed E-state index contributed by atoms with van der Waals surface area (Å²) < 4.78 is 5.46. The van der Waals surface area contributed by atoms with E-state index in [-0.39, 0.29) is 18.0 Å². The van der Waals surface area contributed by atoms with Gasteiger partial charge in [-0.1, -0.05) is 6.07 Å². The Morgan fingerprint density at radius 2 is 1.88 bits per heavy atom. The molecule has 0 radical (unpaired) electrons. The van der Waals surface area contributed by atoms with Crippen molar-refractivity contribution in [1.29, 1.82) is 0 Å². The van der Waals surface area contributed by atoms with Gasteiger partial charge in [-0.25, -0.2) is 4.79 Å². The molecule has 2 aromatic rings. The first-order valence-corrected chi connectivity index (χ1v) is 8.70. The summed E-state index contributed by atoms with van der Waals surface area (Å²) in [4.78, 5) is 24.5. The average Bonchev–Trinajstić information content (AvgIpc) is 3.28. The molecule has 0 saturated carbocycles. The van der Waals surface area contributed by atoms with E-state index in [9.17, 15) is 9.59 Å². The number of carbonyl (C=O) groups excluding carboxylic acids is 2. The largest absolute Gasteiger partial charge is 0.376 e. The van der Waals surface area contributed by atoms with Gasteiger partial charge in [0, 0.05) is 24.5 Å². The SMILES string of the molecule is O=C(NCC1CCCO1)Nc1ccc(NC(=O)c2cccs2)cc1. The first kappa shape index (κ1) is 16.5. The highest BCUT2D eigenvalue weighted by molar-refractivity contribution is 7.12. The van der Waals surface area contributed by atoms with Gasteiger partial charge in [-0.05, 0) is 48.6 Å². The number of benzene rings is 1. The Morgan fingerprint density at radius 3 is 2.50 bits per heavy atom. The summed E-state index contributed by atoms with van der Waals surface area (Å²) in [5.41, 5.74) is 1.34. The lowest BCUT2D eigenvalue weighted by atomic mass is 10.2. The Balaban J connectivity index is 1.47. The third kappa shape index (κ3) is 4.56. The molecule has 3 amide bonds. The number of amides is 3. The summed E-state index contributed by atoms with van der Waals surface area (Å²) in [5, 5.41) is 10.2. The predicted octanol–water partition coefficient (Wildman–Crippen LogP) is 3.30. The van der Waals surface area contributed by atoms with Crippen LogP contribution in [-0.2, 0) is 4.74 Å². The number of ether oxygens (including phenoxy) is 1. The van der Waals surface area contributed by atoms with Crippen LogP contribution in [0.5, 0.6) is 0 Å². The van der Waals surface area contributed by atoms with Gasteiger partial charge in [0.2, 0.25) is 0 Å². The monoisotopic (exact) mass is 345 g/mol. The standard InChI is InChI=1S/C17H19N3O3S/c21-16(15-4-2-10-24-15)19-12-5-7-13(8-6-12)20-17(22)18-11-14-3-1-9-23-14/h2,4-8,10,14H,1,3,9,11H2,(H,19,21)(H2,18,20,22). The summed E-state index contributed by atoms with van der Waals surface area (Å²) in [5.74, 6) is -0.139. The zero-order valence-corrected chi connectivity index (χ0v) is 13.9. The number of carbonyl (C=O) groups is 2. The van der Waals surface area contributed by atoms with Crippen LogP contribution >= 0.6 is 11.3 Å². The predicted molar refractivity (Wildman–Crippen MR) is 94.7 cm³/mol. The maximum Gasteiger partial charge on any atom is 0.319 e. The molecule has 126 valence electrons. The molecule has 1 aliphatic heterocycles. The van der Waals surface area contributed by atoms with Crippen LogP contribution in [0.25, 0.3) is 0 Å². The summed E-state index contributed by atoms with van der Waals surface area (Å²) in [7, 11) is 0. The average molecular weight is 345 g/mol. The minimum atomic E-state index is -0.263. The van der Waals surface area contributed by atoms with Gasteiger partial charge in [-0.3, -0.25) is 4.79 Å². The van der Waals surface area contributed by atoms with E-state index in [2.05, 4.69) is 16.0 Å². The minimum absolute atomic E-state index is 0.116. The van der Waals surface area contributed by atoms with E-state index in [1.807, 2.05) is 11.4 Å². The second kappa shape index (κ2) is 7.94. The van der Waals surface area contributed by atoms with Crippen molar-refractivity contribution in [2.45, 2.75) is 18.9 Å². The Morgan fingerprint density at radius 1 is 1.12 bits per heavy atom. The third-order valence-electron chi connectivity index (χ3n) is 3.66. The normalized spacial score (nSPS) is 16.6. The molecular formula is C17H19N3O3S. The van der Waals surface area contributed by atoms with Crippen molar-refractivity contribution < 1.29 is 14.3 Å². The summed E-state index contributed by atoms with van der Waals surface area (Å²) >= 11 is 1.39. The van der Waals surface area contributed by atoms with E-state index in [0.29, 0.717) is 22.8 Å². The van der Waals surface area contributed by atoms with Crippen molar-refractivity contribution in [3.8, 4) is 0 Å². The number of rotatable bonds is 5. The Labute approximate surface area is 144 Å². The summed E-state index contributed by atoms with van der Waals surface area (Å²) in [6.07, 6.45) is 2.15. The van der Waals surface area contributed by atoms with Gasteiger partial charge in [0.15, 0.2) is 0 Å². The van der Waals surface area contributed by atoms with Gasteiger partial charge in [0.25, 0.3) is 5.91 Å². The molecule has 1 atom stereocenters. The Kier molecular flexibility index (Phi) is 5.45. The number of thiophene rings is 1. The van der Waals surface area contributed by atoms with Crippen LogP contribution in [0, 0.1) is 0 Å². The van der Waals surface area contributed by atoms with Gasteiger partial charge < -0.3 is 20.7 Å². The molecule has 7 heteroatoms. The van der Waals surface area contributed by atoms with Gasteiger partial charge in [0.05, 0.1) is 11.0 Å². The van der Waals surface area contributed by atoms with Crippen molar-refractivity contribution in [3.63, 3.8) is 0 Å². The van der Waals surface area contributed by atoms with Crippen LogP contribution in [0.3, 0.4) is 0 Å². The molecule has 24 heavy (non-hydrogen) atoms. The second-order valence-corrected chi connectivity index (χ2v) is 6.43. The summed E-state index contributed by atoms with van der Waals surface area (Å²) in [6, 6.07) is 10.3. The zero-order valence-electron chi connectivity index (χ0n) is 13.1. The van der Waals surface area contributed by atoms with Crippen molar-refractivity contribution in [2.24, 2.45) is 0 Å². The van der Waals surface area contributed by atoms with Gasteiger partial charge >= 0.3 is 6.03 Å². The molecule has 1 aromatic heterocycles. The Hall–Kier alpha value is -2.38. The highest BCUT2D eigenvalue weighted by Gasteiger charge is 2.16. The molecule has 3 rings (SSSR count). The van der Waals surface area contributed by atoms with E-state index in [1.165, 1.54) is 11.3 Å². The number of hydrogen-bond donors (Lipinski definition) is 3. The van der Waals surface area contributed by atoms with Crippen molar-refractivity contribution in [2.75, 3.05) is 23.8 Å². The lowest BCUT2D eigenvalue weighted by Gasteiger charge is -2.12. The smallest absolute Gasteiger partial charge is 0.319 e. The number of nitrogens with one attached hydrogen (secondary N) is 3. The van der Waals surface area contributed by atoms with Crippen molar-refractivity contribution >= 4 is 34.6 Å². The molecule has 6 nitrogen and oxygen atoms in total. The molecular weight excluding hydrogens is 326 g/mol. The van der Waals surface area contributed by atoms with Crippen LogP contribution in [0.15, 0.2) is 41.8 Å². The van der Waals surface area contributed by atoms with Crippen LogP contribution in [0.1, 0.15) is 22.5 Å². The van der Waals surface area contributed by atoms with E-state index < -0.39 is 0 Å². The van der Waals surface area contributed by atoms with Crippen LogP contribution in [0.2, 0.25) is 0 Å². The molecule has 3 N–H and O–H groups in total. The topological polar surface area (TPSA) is 79.5 Å². The van der Waals surface area contributed by atoms with E-state index in [0.717, 1.165) is 19.4 Å². The highest BCUT2D eigenvalue weighted by atomic mass is 32.1. The molecule has 1 aliphatic rings. The van der Waals surface area contributed by atoms with E-state index >= 15 is 0 Å². The molecule has 1 saturated heterocycles. The van der Waals surface area contributed by atoms with Crippen molar-refractivity contribution in [1.82, 2.24) is 5.32 Å². The first-order chi connectivity index (χ1) is 11.7. The quantitative estimate of drug-likeness (QED) is 0.778. The molecule has 0 bridgehead atoms. The highest BCUT2D eigenvalue weighted by Crippen LogP contribution is 2.16. The van der Waals surface area contributed by atoms with Crippen LogP contribution in [0.4, 0.5) is 16.2 Å². The molecule has 2 heterocycles. The van der Waals surface area contributed by atoms with E-state index in [1.54, 1.807) is 30.3 Å². The Bertz CT molecular complexity index is 680. The fourth-order valence-corrected chi connectivity index (χ4v) is 3.04. The van der Waals surface area contributed by atoms with Crippen LogP contribution in [-0.4, -0.2) is 31.2 Å². The zero-order chi connectivity index (χ0) is 16.8. The fourth-order valence-electron chi connectivity index (χ4n) is 2.42. The molecule has 0 spiro atoms. The van der Waals surface area contributed by atoms with E-state index in [4.69, 9.17) is 4.74 Å². The van der Waals surface area contributed by atoms with Gasteiger partial charge in [-0.2, -0.15) is 0 Å². The minimum Gasteiger partial charge on any atom is -0.376 e. The third-order valence-corrected chi connectivity index (χ3v) is 4.53. The maximum absolute atomic E-state index is 12.0. The second-order valence-electron chi connectivity index (χ2n) is 5.48.